The molecule has 0 spiro atoms. The highest BCUT2D eigenvalue weighted by molar-refractivity contribution is 7.07. The van der Waals surface area contributed by atoms with Crippen molar-refractivity contribution in [1.29, 1.82) is 0 Å². The van der Waals surface area contributed by atoms with Gasteiger partial charge in [-0.3, -0.25) is 0 Å². The van der Waals surface area contributed by atoms with Gasteiger partial charge in [0.2, 0.25) is 0 Å². The van der Waals surface area contributed by atoms with Crippen LogP contribution >= 0.6 is 0 Å². The average Bonchev–Trinajstić information content (AvgIpc) is 2.53. The van der Waals surface area contributed by atoms with Crippen LogP contribution in [0.15, 0.2) is 60.7 Å². The SMILES string of the molecule is CCCCC#C[Si](C)(c1ccccc1)c1ccccc1. The van der Waals surface area contributed by atoms with Crippen LogP contribution in [0.25, 0.3) is 0 Å². The summed E-state index contributed by atoms with van der Waals surface area (Å²) in [4.78, 5) is 0. The van der Waals surface area contributed by atoms with Crippen molar-refractivity contribution in [2.45, 2.75) is 32.7 Å². The maximum Gasteiger partial charge on any atom is 0.196 e. The summed E-state index contributed by atoms with van der Waals surface area (Å²) in [6, 6.07) is 21.6. The van der Waals surface area contributed by atoms with Crippen LogP contribution in [0.3, 0.4) is 0 Å². The molecule has 2 aromatic rings. The topological polar surface area (TPSA) is 0 Å². The van der Waals surface area contributed by atoms with Crippen molar-refractivity contribution in [3.8, 4) is 11.5 Å². The maximum atomic E-state index is 3.65. The first-order valence-electron chi connectivity index (χ1n) is 7.38. The largest absolute Gasteiger partial charge is 0.196 e. The van der Waals surface area contributed by atoms with E-state index in [1.807, 2.05) is 0 Å². The van der Waals surface area contributed by atoms with E-state index in [9.17, 15) is 0 Å². The van der Waals surface area contributed by atoms with Crippen molar-refractivity contribution in [3.05, 3.63) is 60.7 Å². The number of rotatable bonds is 4. The van der Waals surface area contributed by atoms with E-state index in [1.165, 1.54) is 23.2 Å². The van der Waals surface area contributed by atoms with Crippen molar-refractivity contribution in [2.24, 2.45) is 0 Å². The number of hydrogen-bond acceptors (Lipinski definition) is 0. The van der Waals surface area contributed by atoms with Crippen LogP contribution in [0.4, 0.5) is 0 Å². The third-order valence-corrected chi connectivity index (χ3v) is 7.35. The average molecular weight is 278 g/mol. The second-order valence-electron chi connectivity index (χ2n) is 5.26. The molecule has 0 bridgehead atoms. The molecule has 0 amide bonds. The van der Waals surface area contributed by atoms with E-state index in [2.05, 4.69) is 85.6 Å². The van der Waals surface area contributed by atoms with Crippen LogP contribution in [0.1, 0.15) is 26.2 Å². The number of hydrogen-bond donors (Lipinski definition) is 0. The molecule has 0 atom stereocenters. The van der Waals surface area contributed by atoms with Gasteiger partial charge >= 0.3 is 0 Å². The van der Waals surface area contributed by atoms with E-state index >= 15 is 0 Å². The van der Waals surface area contributed by atoms with Gasteiger partial charge in [0.15, 0.2) is 8.07 Å². The molecule has 2 aromatic carbocycles. The van der Waals surface area contributed by atoms with Gasteiger partial charge in [0.05, 0.1) is 0 Å². The Morgan fingerprint density at radius 1 is 0.850 bits per heavy atom. The Morgan fingerprint density at radius 2 is 1.35 bits per heavy atom. The molecule has 20 heavy (non-hydrogen) atoms. The summed E-state index contributed by atoms with van der Waals surface area (Å²) < 4.78 is 0. The lowest BCUT2D eigenvalue weighted by Gasteiger charge is -2.22. The van der Waals surface area contributed by atoms with Gasteiger partial charge in [-0.1, -0.05) is 80.6 Å². The number of benzene rings is 2. The quantitative estimate of drug-likeness (QED) is 0.455. The minimum atomic E-state index is -1.91. The van der Waals surface area contributed by atoms with Gasteiger partial charge in [-0.15, -0.1) is 11.5 Å². The van der Waals surface area contributed by atoms with Gasteiger partial charge in [0.1, 0.15) is 0 Å². The first kappa shape index (κ1) is 14.6. The summed E-state index contributed by atoms with van der Waals surface area (Å²) >= 11 is 0. The van der Waals surface area contributed by atoms with Gasteiger partial charge in [-0.25, -0.2) is 0 Å². The molecule has 0 heterocycles. The van der Waals surface area contributed by atoms with E-state index in [4.69, 9.17) is 0 Å². The van der Waals surface area contributed by atoms with Gasteiger partial charge in [-0.05, 0) is 16.8 Å². The normalized spacial score (nSPS) is 10.7. The molecule has 1 heteroatoms. The molecule has 0 nitrogen and oxygen atoms in total. The smallest absolute Gasteiger partial charge is 0.120 e. The summed E-state index contributed by atoms with van der Waals surface area (Å²) in [6.07, 6.45) is 3.42. The first-order chi connectivity index (χ1) is 9.77. The number of unbranched alkanes of at least 4 members (excludes halogenated alkanes) is 2. The third kappa shape index (κ3) is 3.40. The van der Waals surface area contributed by atoms with Gasteiger partial charge in [-0.2, -0.15) is 0 Å². The van der Waals surface area contributed by atoms with Crippen molar-refractivity contribution in [1.82, 2.24) is 0 Å². The molecule has 0 aliphatic heterocycles. The van der Waals surface area contributed by atoms with Crippen molar-refractivity contribution < 1.29 is 0 Å². The van der Waals surface area contributed by atoms with Crippen LogP contribution in [-0.4, -0.2) is 8.07 Å². The minimum Gasteiger partial charge on any atom is -0.120 e. The summed E-state index contributed by atoms with van der Waals surface area (Å²) in [7, 11) is -1.91. The van der Waals surface area contributed by atoms with E-state index in [-0.39, 0.29) is 0 Å². The van der Waals surface area contributed by atoms with Crippen LogP contribution in [0.2, 0.25) is 6.55 Å². The molecular weight excluding hydrogens is 256 g/mol. The van der Waals surface area contributed by atoms with Crippen molar-refractivity contribution in [2.75, 3.05) is 0 Å². The predicted molar refractivity (Wildman–Crippen MR) is 91.1 cm³/mol. The highest BCUT2D eigenvalue weighted by Crippen LogP contribution is 2.05. The molecular formula is C19H22Si. The molecule has 0 aliphatic rings. The Morgan fingerprint density at radius 3 is 1.80 bits per heavy atom. The zero-order chi connectivity index (χ0) is 14.3. The Balaban J connectivity index is 2.40. The molecule has 0 saturated heterocycles. The molecule has 0 saturated carbocycles. The van der Waals surface area contributed by atoms with Crippen LogP contribution in [-0.2, 0) is 0 Å². The molecule has 102 valence electrons. The molecule has 0 aromatic heterocycles. The predicted octanol–water partition coefficient (Wildman–Crippen LogP) is 3.61. The monoisotopic (exact) mass is 278 g/mol. The summed E-state index contributed by atoms with van der Waals surface area (Å²) in [6.45, 7) is 4.57. The lowest BCUT2D eigenvalue weighted by atomic mass is 10.3. The van der Waals surface area contributed by atoms with E-state index in [0.717, 1.165) is 6.42 Å². The maximum absolute atomic E-state index is 3.65. The van der Waals surface area contributed by atoms with Crippen LogP contribution in [0, 0.1) is 11.5 Å². The molecule has 2 rings (SSSR count). The van der Waals surface area contributed by atoms with Crippen molar-refractivity contribution in [3.63, 3.8) is 0 Å². The molecule has 0 fully saturated rings. The Bertz CT molecular complexity index is 536. The fourth-order valence-corrected chi connectivity index (χ4v) is 5.18. The van der Waals surface area contributed by atoms with Gasteiger partial charge in [0.25, 0.3) is 0 Å². The molecule has 0 aliphatic carbocycles. The fraction of sp³-hybridized carbons (Fsp3) is 0.263. The summed E-state index contributed by atoms with van der Waals surface area (Å²) in [5, 5.41) is 2.80. The standard InChI is InChI=1S/C19H22Si/c1-3-4-5-12-17-20(2,18-13-8-6-9-14-18)19-15-10-7-11-16-19/h6-11,13-16H,3-5H2,1-2H3. The van der Waals surface area contributed by atoms with Gasteiger partial charge in [0, 0.05) is 6.42 Å². The van der Waals surface area contributed by atoms with E-state index < -0.39 is 8.07 Å². The Kier molecular flexibility index (Phi) is 5.21. The molecule has 0 unspecified atom stereocenters. The summed E-state index contributed by atoms with van der Waals surface area (Å²) in [5.41, 5.74) is 3.65. The third-order valence-electron chi connectivity index (χ3n) is 3.70. The zero-order valence-electron chi connectivity index (χ0n) is 12.4. The zero-order valence-corrected chi connectivity index (χ0v) is 13.4. The van der Waals surface area contributed by atoms with E-state index in [0.29, 0.717) is 0 Å². The summed E-state index contributed by atoms with van der Waals surface area (Å²) in [5.74, 6) is 3.44. The van der Waals surface area contributed by atoms with Gasteiger partial charge < -0.3 is 0 Å². The molecule has 0 N–H and O–H groups in total. The first-order valence-corrected chi connectivity index (χ1v) is 9.88. The van der Waals surface area contributed by atoms with E-state index in [1.54, 1.807) is 0 Å². The highest BCUT2D eigenvalue weighted by atomic mass is 28.3. The lowest BCUT2D eigenvalue weighted by molar-refractivity contribution is 0.828. The van der Waals surface area contributed by atoms with Crippen molar-refractivity contribution >= 4 is 18.4 Å². The lowest BCUT2D eigenvalue weighted by Crippen LogP contribution is -2.54. The fourth-order valence-electron chi connectivity index (χ4n) is 2.36. The molecule has 0 radical (unpaired) electrons. The van der Waals surface area contributed by atoms with Crippen LogP contribution in [0.5, 0.6) is 0 Å². The minimum absolute atomic E-state index is 1.01. The highest BCUT2D eigenvalue weighted by Gasteiger charge is 2.29. The second-order valence-corrected chi connectivity index (χ2v) is 8.92. The second kappa shape index (κ2) is 7.12. The Hall–Kier alpha value is -1.78. The Labute approximate surface area is 123 Å². The van der Waals surface area contributed by atoms with Crippen LogP contribution < -0.4 is 10.4 Å².